The van der Waals surface area contributed by atoms with E-state index in [1.165, 1.54) is 42.8 Å². The summed E-state index contributed by atoms with van der Waals surface area (Å²) < 4.78 is 33.5. The van der Waals surface area contributed by atoms with Crippen molar-refractivity contribution in [1.29, 1.82) is 0 Å². The average molecular weight is 2080 g/mol. The van der Waals surface area contributed by atoms with Crippen LogP contribution >= 0.6 is 156 Å². The molecule has 8 aromatic rings. The van der Waals surface area contributed by atoms with E-state index in [0.29, 0.717) is 56.9 Å². The van der Waals surface area contributed by atoms with Crippen molar-refractivity contribution < 1.29 is 30.2 Å². The van der Waals surface area contributed by atoms with Crippen LogP contribution in [0.25, 0.3) is 5.65 Å². The van der Waals surface area contributed by atoms with E-state index in [9.17, 15) is 24.6 Å². The molecule has 43 heteroatoms. The molecule has 0 aromatic carbocycles. The summed E-state index contributed by atoms with van der Waals surface area (Å²) in [6.45, 7) is 35.4. The third-order valence-corrected chi connectivity index (χ3v) is 21.1. The maximum absolute atomic E-state index is 10.5. The summed E-state index contributed by atoms with van der Waals surface area (Å²) >= 11 is 39.7. The Balaban J connectivity index is 0.00000127. The molecule has 114 heavy (non-hydrogen) atoms. The van der Waals surface area contributed by atoms with Crippen LogP contribution in [0.5, 0.6) is 0 Å². The number of imidazole rings is 1. The number of nitrogens with one attached hydrogen (secondary N) is 1. The van der Waals surface area contributed by atoms with E-state index in [-0.39, 0.29) is 30.3 Å². The zero-order chi connectivity index (χ0) is 86.0. The van der Waals surface area contributed by atoms with Crippen LogP contribution < -0.4 is 43.0 Å². The van der Waals surface area contributed by atoms with Crippen LogP contribution in [0.2, 0.25) is 15.5 Å². The molecule has 0 unspecified atom stereocenters. The van der Waals surface area contributed by atoms with E-state index in [0.717, 1.165) is 144 Å². The van der Waals surface area contributed by atoms with Gasteiger partial charge in [0.05, 0.1) is 65.7 Å². The number of alkyl halides is 2. The van der Waals surface area contributed by atoms with Crippen LogP contribution in [0.4, 0.5) is 56.4 Å². The molecular formula is C71H106BBr6Cl4FN23O7S. The number of nitrogens with two attached hydrogens (primary N) is 4. The second-order valence-electron chi connectivity index (χ2n) is 24.8. The molecule has 0 spiro atoms. The molecule has 0 atom stereocenters. The van der Waals surface area contributed by atoms with Gasteiger partial charge in [-0.15, -0.1) is 12.4 Å². The Hall–Kier alpha value is -5.15. The molecule has 0 saturated carbocycles. The topological polar surface area (TPSA) is 371 Å². The number of nitro groups is 2. The summed E-state index contributed by atoms with van der Waals surface area (Å²) in [5.74, 6) is 1.79. The number of aromatic nitrogens is 8. The van der Waals surface area contributed by atoms with E-state index in [4.69, 9.17) is 73.7 Å². The van der Waals surface area contributed by atoms with Crippen LogP contribution in [-0.2, 0) is 9.47 Å². The predicted octanol–water partition coefficient (Wildman–Crippen LogP) is 15.4. The summed E-state index contributed by atoms with van der Waals surface area (Å²) in [5.41, 5.74) is 26.0. The van der Waals surface area contributed by atoms with Crippen molar-refractivity contribution in [3.05, 3.63) is 174 Å². The number of piperazine rings is 4. The Morgan fingerprint density at radius 3 is 1.27 bits per heavy atom. The fourth-order valence-electron chi connectivity index (χ4n) is 10.1. The van der Waals surface area contributed by atoms with Crippen molar-refractivity contribution in [1.82, 2.24) is 64.2 Å². The molecule has 1 radical (unpaired) electrons. The summed E-state index contributed by atoms with van der Waals surface area (Å²) in [6, 6.07) is 25.3. The number of halogens is 11. The first kappa shape index (κ1) is 107. The van der Waals surface area contributed by atoms with E-state index >= 15 is 0 Å². The van der Waals surface area contributed by atoms with Gasteiger partial charge in [-0.1, -0.05) is 56.8 Å². The molecule has 8 aromatic heterocycles. The molecule has 0 amide bonds. The van der Waals surface area contributed by atoms with Crippen molar-refractivity contribution >= 4 is 221 Å². The minimum absolute atomic E-state index is 0. The number of nitrogens with zero attached hydrogens (tertiary/aromatic N) is 18. The van der Waals surface area contributed by atoms with Crippen molar-refractivity contribution in [3.63, 3.8) is 0 Å². The van der Waals surface area contributed by atoms with Crippen molar-refractivity contribution in [2.24, 2.45) is 4.30 Å². The molecule has 4 saturated heterocycles. The Morgan fingerprint density at radius 1 is 0.588 bits per heavy atom. The van der Waals surface area contributed by atoms with Crippen molar-refractivity contribution in [2.75, 3.05) is 176 Å². The SMILES string of the molecule is CC(C)N1CCN(c2ccc(N)nc2)CC1.CC(C)N1CCN(c2ccc(N)nc2)CC1.CC(C)N1CCN(c2ccc([N+](=O)[O-])nc2)CC1.CC(C)N1CCNCC1.CO.COC(CBr)OC.Cl.Clc1c(Br)cc(Br)c2nccn12.Nc1cccc(Cl)n1.Nc1nc(Cl)c(Br)cc1Br.O=[N+]([O-])c1ccc(Br)cn1.[2H]CF.[B]=NS. The molecule has 4 aliphatic rings. The number of methoxy groups -OCH3 is 2. The zero-order valence-corrected chi connectivity index (χ0v) is 79.0. The maximum atomic E-state index is 10.5. The minimum atomic E-state index is -1.00. The van der Waals surface area contributed by atoms with E-state index in [1.807, 2.05) is 48.9 Å². The van der Waals surface area contributed by atoms with Gasteiger partial charge in [0, 0.05) is 175 Å². The zero-order valence-electron chi connectivity index (χ0n) is 66.6. The van der Waals surface area contributed by atoms with Gasteiger partial charge in [-0.2, -0.15) is 0 Å². The average Bonchev–Trinajstić information content (AvgIpc) is 1.66. The molecule has 4 aliphatic heterocycles. The van der Waals surface area contributed by atoms with Crippen molar-refractivity contribution in [3.8, 4) is 0 Å². The molecule has 4 fully saturated rings. The van der Waals surface area contributed by atoms with Gasteiger partial charge in [0.25, 0.3) is 0 Å². The standard InChI is InChI=1S/C12H18N4O2.2C12H20N4.C7H3Br2ClN2.C7H16N2.C5H3Br2ClN2.C5H3BrN2O2.C5H5ClN2.C4H9BrO2.CH3F.CH4O.BHNS.ClH/c1-10(2)14-5-7-15(8-6-14)11-3-4-12(13-9-11)16(17)18;2*1-10(2)15-5-7-16(8-6-15)11-3-4-12(13)14-9-11;8-4-3-5(9)7-11-1-2-12(7)6(4)10;1-7(2)9-5-3-8-4-6-9;6-2-1-3(7)5(9)10-4(2)8;6-4-1-2-5(7-3-4)8(9)10;6-4-2-1-3-5(7)8-4;1-6-4(3-5)7-2;2*1-2;1-2-3;/h3-4,9-10H,5-8H2,1-2H3;2*3-4,9-10H,5-8H2,1-2H3,(H2,13,14);1-3H;7-8H,3-6H2,1-2H3;1H,(H2,9,10);1-3H;1-3H,(H2,7,8);4H,3H2,1-2H3;1H3;2H,1H3;3H;1H/i;;;;;;;;;1D;;;. The van der Waals surface area contributed by atoms with Gasteiger partial charge in [0.2, 0.25) is 0 Å². The van der Waals surface area contributed by atoms with E-state index in [2.05, 4.69) is 250 Å². The normalized spacial score (nSPS) is 14.0. The summed E-state index contributed by atoms with van der Waals surface area (Å²) in [7, 11) is 7.55. The Kier molecular flexibility index (Phi) is 58.2. The van der Waals surface area contributed by atoms with Crippen LogP contribution in [0.3, 0.4) is 0 Å². The molecule has 0 bridgehead atoms. The number of nitrogen functional groups attached to an aromatic ring is 4. The Labute approximate surface area is 749 Å². The van der Waals surface area contributed by atoms with Crippen LogP contribution in [-0.4, -0.2) is 250 Å². The Bertz CT molecular complexity index is 3800. The fourth-order valence-corrected chi connectivity index (χ4v) is 13.6. The third kappa shape index (κ3) is 43.0. The predicted molar refractivity (Wildman–Crippen MR) is 493 cm³/mol. The molecule has 12 heterocycles. The second-order valence-corrected chi connectivity index (χ2v) is 31.1. The number of anilines is 7. The first-order valence-corrected chi connectivity index (χ1v) is 41.6. The number of pyridine rings is 7. The first-order valence-electron chi connectivity index (χ1n) is 35.7. The quantitative estimate of drug-likeness (QED) is 0.0114. The molecular weight excluding hydrogens is 1970 g/mol. The van der Waals surface area contributed by atoms with Crippen LogP contribution in [0.1, 0.15) is 56.8 Å². The van der Waals surface area contributed by atoms with Gasteiger partial charge in [0.1, 0.15) is 38.7 Å². The number of aliphatic hydroxyl groups excluding tert-OH is 1. The molecule has 30 nitrogen and oxygen atoms in total. The molecule has 633 valence electrons. The number of rotatable bonds is 12. The third-order valence-electron chi connectivity index (χ3n) is 16.3. The number of hydrogen-bond donors (Lipinski definition) is 7. The monoisotopic (exact) mass is 2070 g/mol. The Morgan fingerprint density at radius 2 is 0.974 bits per heavy atom. The number of fused-ring (bicyclic) bond motifs is 1. The summed E-state index contributed by atoms with van der Waals surface area (Å²) in [6.07, 6.45) is 10.1. The number of hydrogen-bond acceptors (Lipinski definition) is 28. The first-order chi connectivity index (χ1) is 54.2. The van der Waals surface area contributed by atoms with Crippen molar-refractivity contribution in [2.45, 2.75) is 85.8 Å². The van der Waals surface area contributed by atoms with Gasteiger partial charge in [-0.3, -0.25) is 28.4 Å². The van der Waals surface area contributed by atoms with Gasteiger partial charge in [-0.25, -0.2) is 24.9 Å². The molecule has 0 aliphatic carbocycles. The van der Waals surface area contributed by atoms with Gasteiger partial charge < -0.3 is 77.8 Å². The summed E-state index contributed by atoms with van der Waals surface area (Å²) in [4.78, 5) is 63.8. The van der Waals surface area contributed by atoms with Gasteiger partial charge in [-0.05, 0) is 216 Å². The van der Waals surface area contributed by atoms with Crippen LogP contribution in [0.15, 0.2) is 143 Å². The molecule has 10 N–H and O–H groups in total. The number of aliphatic hydroxyl groups is 1. The fraction of sp³-hybridized carbons (Fsp3) is 0.479. The number of thiol groups is 1. The summed E-state index contributed by atoms with van der Waals surface area (Å²) in [5, 5.41) is 33.1. The van der Waals surface area contributed by atoms with Gasteiger partial charge in [0.15, 0.2) is 24.3 Å². The van der Waals surface area contributed by atoms with Crippen LogP contribution in [0, 0.1) is 20.2 Å². The molecule has 12 rings (SSSR count). The van der Waals surface area contributed by atoms with Gasteiger partial charge >= 0.3 is 36.4 Å². The van der Waals surface area contributed by atoms with E-state index in [1.54, 1.807) is 67.4 Å². The second kappa shape index (κ2) is 62.1. The number of ether oxygens (including phenoxy) is 2. The van der Waals surface area contributed by atoms with E-state index < -0.39 is 17.0 Å².